The number of nitrogens with zero attached hydrogens (tertiary/aromatic N) is 2. The average Bonchev–Trinajstić information content (AvgIpc) is 3.70. The van der Waals surface area contributed by atoms with E-state index in [0.29, 0.717) is 0 Å². The molecule has 0 aliphatic rings. The van der Waals surface area contributed by atoms with Crippen molar-refractivity contribution in [2.45, 2.75) is 0 Å². The molecular weight excluding hydrogens is 749 g/mol. The van der Waals surface area contributed by atoms with Crippen LogP contribution in [0.4, 0.5) is 17.1 Å². The van der Waals surface area contributed by atoms with E-state index in [-0.39, 0.29) is 0 Å². The third-order valence-electron chi connectivity index (χ3n) is 12.0. The molecule has 292 valence electrons. The lowest BCUT2D eigenvalue weighted by molar-refractivity contribution is 1.18. The van der Waals surface area contributed by atoms with Crippen LogP contribution in [-0.2, 0) is 0 Å². The molecule has 0 spiro atoms. The second-order valence-corrected chi connectivity index (χ2v) is 15.7. The summed E-state index contributed by atoms with van der Waals surface area (Å²) in [5, 5.41) is 2.49. The normalized spacial score (nSPS) is 11.2. The Labute approximate surface area is 362 Å². The lowest BCUT2D eigenvalue weighted by Gasteiger charge is -2.30. The zero-order valence-corrected chi connectivity index (χ0v) is 34.1. The van der Waals surface area contributed by atoms with Gasteiger partial charge in [-0.05, 0) is 93.0 Å². The first-order valence-electron chi connectivity index (χ1n) is 21.3. The molecule has 2 heteroatoms. The van der Waals surface area contributed by atoms with Gasteiger partial charge in [0.05, 0.1) is 16.7 Å². The minimum absolute atomic E-state index is 1.07. The molecule has 0 unspecified atom stereocenters. The molecule has 1 aromatic heterocycles. The van der Waals surface area contributed by atoms with Crippen molar-refractivity contribution in [1.82, 2.24) is 4.57 Å². The maximum Gasteiger partial charge on any atom is 0.0619 e. The van der Waals surface area contributed by atoms with Gasteiger partial charge in [0.1, 0.15) is 0 Å². The first-order valence-corrected chi connectivity index (χ1v) is 21.3. The summed E-state index contributed by atoms with van der Waals surface area (Å²) in [6.45, 7) is 0. The summed E-state index contributed by atoms with van der Waals surface area (Å²) in [6, 6.07) is 92.1. The van der Waals surface area contributed by atoms with Crippen LogP contribution in [0.15, 0.2) is 255 Å². The van der Waals surface area contributed by atoms with Crippen LogP contribution in [0, 0.1) is 0 Å². The van der Waals surface area contributed by atoms with E-state index in [9.17, 15) is 0 Å². The number of rotatable bonds is 9. The fourth-order valence-corrected chi connectivity index (χ4v) is 9.19. The zero-order valence-electron chi connectivity index (χ0n) is 34.1. The molecule has 0 aliphatic heterocycles. The van der Waals surface area contributed by atoms with E-state index in [1.165, 1.54) is 71.9 Å². The Balaban J connectivity index is 1.13. The summed E-state index contributed by atoms with van der Waals surface area (Å²) in [6.07, 6.45) is 0. The standard InChI is InChI=1S/C60H42N2/c1-5-19-43(20-6-1)44-35-39-49(40-36-44)61(58-34-18-30-52(46-23-9-3-10-24-46)59(58)55-29-14-13-27-51(55)45-21-7-2-8-22-45)50-41-37-47(38-42-50)53-31-17-32-56-54-28-15-16-33-57(54)62(60(53)56)48-25-11-4-12-26-48/h1-42H. The lowest BCUT2D eigenvalue weighted by atomic mass is 9.87. The molecule has 0 N–H and O–H groups in total. The highest BCUT2D eigenvalue weighted by Gasteiger charge is 2.23. The monoisotopic (exact) mass is 790 g/mol. The van der Waals surface area contributed by atoms with Gasteiger partial charge in [-0.25, -0.2) is 0 Å². The summed E-state index contributed by atoms with van der Waals surface area (Å²) in [5.41, 5.74) is 18.6. The molecule has 62 heavy (non-hydrogen) atoms. The largest absolute Gasteiger partial charge is 0.310 e. The van der Waals surface area contributed by atoms with Gasteiger partial charge in [0.15, 0.2) is 0 Å². The van der Waals surface area contributed by atoms with Crippen molar-refractivity contribution < 1.29 is 0 Å². The maximum atomic E-state index is 2.43. The summed E-state index contributed by atoms with van der Waals surface area (Å²) in [5.74, 6) is 0. The Bertz CT molecular complexity index is 3300. The van der Waals surface area contributed by atoms with Crippen LogP contribution in [0.2, 0.25) is 0 Å². The van der Waals surface area contributed by atoms with Crippen molar-refractivity contribution in [2.75, 3.05) is 4.90 Å². The van der Waals surface area contributed by atoms with Crippen LogP contribution in [0.25, 0.3) is 83.1 Å². The van der Waals surface area contributed by atoms with E-state index < -0.39 is 0 Å². The molecule has 0 atom stereocenters. The van der Waals surface area contributed by atoms with Crippen molar-refractivity contribution in [3.63, 3.8) is 0 Å². The third-order valence-corrected chi connectivity index (χ3v) is 12.0. The molecule has 11 aromatic rings. The van der Waals surface area contributed by atoms with Crippen LogP contribution in [0.1, 0.15) is 0 Å². The van der Waals surface area contributed by atoms with Gasteiger partial charge in [-0.15, -0.1) is 0 Å². The number of para-hydroxylation sites is 3. The Kier molecular flexibility index (Phi) is 9.57. The van der Waals surface area contributed by atoms with E-state index in [0.717, 1.165) is 28.3 Å². The van der Waals surface area contributed by atoms with Crippen LogP contribution in [-0.4, -0.2) is 4.57 Å². The Hall–Kier alpha value is -8.20. The molecule has 0 radical (unpaired) electrons. The van der Waals surface area contributed by atoms with Gasteiger partial charge in [-0.3, -0.25) is 0 Å². The number of anilines is 3. The van der Waals surface area contributed by atoms with Gasteiger partial charge in [-0.1, -0.05) is 206 Å². The fourth-order valence-electron chi connectivity index (χ4n) is 9.19. The minimum atomic E-state index is 1.07. The van der Waals surface area contributed by atoms with Crippen LogP contribution < -0.4 is 4.90 Å². The Morgan fingerprint density at radius 2 is 0.710 bits per heavy atom. The molecule has 0 bridgehead atoms. The van der Waals surface area contributed by atoms with Gasteiger partial charge in [0.2, 0.25) is 0 Å². The van der Waals surface area contributed by atoms with Gasteiger partial charge in [0, 0.05) is 39.0 Å². The molecule has 0 aliphatic carbocycles. The first kappa shape index (κ1) is 36.8. The molecule has 1 heterocycles. The van der Waals surface area contributed by atoms with Crippen molar-refractivity contribution in [3.8, 4) is 61.3 Å². The Morgan fingerprint density at radius 1 is 0.274 bits per heavy atom. The predicted octanol–water partition coefficient (Wildman–Crippen LogP) is 16.6. The van der Waals surface area contributed by atoms with Crippen LogP contribution in [0.3, 0.4) is 0 Å². The van der Waals surface area contributed by atoms with Crippen molar-refractivity contribution in [1.29, 1.82) is 0 Å². The molecule has 0 saturated carbocycles. The van der Waals surface area contributed by atoms with Crippen molar-refractivity contribution in [3.05, 3.63) is 255 Å². The molecule has 0 fully saturated rings. The highest BCUT2D eigenvalue weighted by molar-refractivity contribution is 6.14. The minimum Gasteiger partial charge on any atom is -0.310 e. The number of hydrogen-bond acceptors (Lipinski definition) is 1. The van der Waals surface area contributed by atoms with Gasteiger partial charge in [-0.2, -0.15) is 0 Å². The number of fused-ring (bicyclic) bond motifs is 3. The molecule has 0 saturated heterocycles. The van der Waals surface area contributed by atoms with Crippen molar-refractivity contribution >= 4 is 38.9 Å². The fraction of sp³-hybridized carbons (Fsp3) is 0. The van der Waals surface area contributed by atoms with E-state index in [4.69, 9.17) is 0 Å². The molecule has 2 nitrogen and oxygen atoms in total. The summed E-state index contributed by atoms with van der Waals surface area (Å²) >= 11 is 0. The third kappa shape index (κ3) is 6.65. The highest BCUT2D eigenvalue weighted by atomic mass is 15.1. The average molecular weight is 791 g/mol. The number of hydrogen-bond donors (Lipinski definition) is 0. The van der Waals surface area contributed by atoms with Crippen molar-refractivity contribution in [2.24, 2.45) is 0 Å². The van der Waals surface area contributed by atoms with Gasteiger partial charge >= 0.3 is 0 Å². The number of aromatic nitrogens is 1. The highest BCUT2D eigenvalue weighted by Crippen LogP contribution is 2.48. The summed E-state index contributed by atoms with van der Waals surface area (Å²) in [4.78, 5) is 2.43. The van der Waals surface area contributed by atoms with E-state index in [1.807, 2.05) is 0 Å². The van der Waals surface area contributed by atoms with Gasteiger partial charge < -0.3 is 9.47 Å². The van der Waals surface area contributed by atoms with E-state index in [2.05, 4.69) is 264 Å². The Morgan fingerprint density at radius 3 is 1.37 bits per heavy atom. The van der Waals surface area contributed by atoms with Gasteiger partial charge in [0.25, 0.3) is 0 Å². The molecule has 11 rings (SSSR count). The van der Waals surface area contributed by atoms with E-state index in [1.54, 1.807) is 0 Å². The maximum absolute atomic E-state index is 2.43. The second-order valence-electron chi connectivity index (χ2n) is 15.7. The molecule has 10 aromatic carbocycles. The predicted molar refractivity (Wildman–Crippen MR) is 263 cm³/mol. The van der Waals surface area contributed by atoms with Crippen LogP contribution in [0.5, 0.6) is 0 Å². The smallest absolute Gasteiger partial charge is 0.0619 e. The summed E-state index contributed by atoms with van der Waals surface area (Å²) in [7, 11) is 0. The quantitative estimate of drug-likeness (QED) is 0.141. The van der Waals surface area contributed by atoms with E-state index >= 15 is 0 Å². The summed E-state index contributed by atoms with van der Waals surface area (Å²) < 4.78 is 2.42. The van der Waals surface area contributed by atoms with Crippen LogP contribution >= 0.6 is 0 Å². The topological polar surface area (TPSA) is 8.17 Å². The number of benzene rings is 10. The second kappa shape index (κ2) is 16.1. The lowest BCUT2D eigenvalue weighted by Crippen LogP contribution is -2.12. The SMILES string of the molecule is c1ccc(-c2ccc(N(c3ccc(-c4cccc5c6ccccc6n(-c6ccccc6)c45)cc3)c3cccc(-c4ccccc4)c3-c3ccccc3-c3ccccc3)cc2)cc1. The first-order chi connectivity index (χ1) is 30.8. The molecule has 0 amide bonds. The molecular formula is C60H42N2. The zero-order chi connectivity index (χ0) is 41.2.